The zero-order valence-electron chi connectivity index (χ0n) is 12.3. The topological polar surface area (TPSA) is 21.3 Å². The minimum atomic E-state index is 0.422. The van der Waals surface area contributed by atoms with Crippen molar-refractivity contribution in [3.63, 3.8) is 0 Å². The van der Waals surface area contributed by atoms with E-state index in [0.717, 1.165) is 18.8 Å². The molecular formula is C17H25NO. The number of ether oxygens (including phenoxy) is 1. The predicted molar refractivity (Wildman–Crippen MR) is 78.6 cm³/mol. The summed E-state index contributed by atoms with van der Waals surface area (Å²) in [5, 5.41) is 3.57. The average Bonchev–Trinajstić information content (AvgIpc) is 2.98. The van der Waals surface area contributed by atoms with Gasteiger partial charge in [0, 0.05) is 18.0 Å². The highest BCUT2D eigenvalue weighted by Gasteiger charge is 2.40. The molecule has 1 fully saturated rings. The van der Waals surface area contributed by atoms with Gasteiger partial charge in [0.25, 0.3) is 0 Å². The summed E-state index contributed by atoms with van der Waals surface area (Å²) >= 11 is 0. The summed E-state index contributed by atoms with van der Waals surface area (Å²) in [6, 6.07) is 7.07. The maximum Gasteiger partial charge on any atom is 0.127 e. The van der Waals surface area contributed by atoms with Crippen molar-refractivity contribution in [1.82, 2.24) is 5.32 Å². The van der Waals surface area contributed by atoms with E-state index in [2.05, 4.69) is 44.4 Å². The number of hydrogen-bond acceptors (Lipinski definition) is 2. The lowest BCUT2D eigenvalue weighted by molar-refractivity contribution is 0.200. The van der Waals surface area contributed by atoms with Crippen molar-refractivity contribution in [2.45, 2.75) is 45.6 Å². The van der Waals surface area contributed by atoms with Crippen LogP contribution in [0.5, 0.6) is 5.75 Å². The first-order valence-electron chi connectivity index (χ1n) is 7.55. The van der Waals surface area contributed by atoms with Crippen molar-refractivity contribution in [2.75, 3.05) is 13.7 Å². The molecule has 2 atom stereocenters. The maximum absolute atomic E-state index is 5.90. The van der Waals surface area contributed by atoms with E-state index in [0.29, 0.717) is 17.4 Å². The third kappa shape index (κ3) is 2.16. The molecule has 0 saturated heterocycles. The summed E-state index contributed by atoms with van der Waals surface area (Å²) in [5.41, 5.74) is 3.18. The normalized spacial score (nSPS) is 25.9. The van der Waals surface area contributed by atoms with Crippen LogP contribution in [-0.2, 0) is 6.42 Å². The molecule has 0 bridgehead atoms. The van der Waals surface area contributed by atoms with E-state index in [1.54, 1.807) is 0 Å². The highest BCUT2D eigenvalue weighted by atomic mass is 16.5. The third-order valence-electron chi connectivity index (χ3n) is 5.13. The predicted octanol–water partition coefficient (Wildman–Crippen LogP) is 3.71. The lowest BCUT2D eigenvalue weighted by Crippen LogP contribution is -2.32. The standard InChI is InChI=1S/C17H25NO/c1-17(2)10-5-8-14(17)15(18-3)13-7-4-6-12-9-11-19-16(12)13/h4,6-7,14-15,18H,5,8-11H2,1-3H3. The van der Waals surface area contributed by atoms with E-state index in [9.17, 15) is 0 Å². The van der Waals surface area contributed by atoms with Gasteiger partial charge in [-0.05, 0) is 36.8 Å². The Hall–Kier alpha value is -1.02. The molecule has 1 aliphatic carbocycles. The second-order valence-electron chi connectivity index (χ2n) is 6.69. The van der Waals surface area contributed by atoms with Crippen LogP contribution in [0.3, 0.4) is 0 Å². The number of hydrogen-bond donors (Lipinski definition) is 1. The molecule has 1 N–H and O–H groups in total. The first-order valence-corrected chi connectivity index (χ1v) is 7.55. The number of benzene rings is 1. The summed E-state index contributed by atoms with van der Waals surface area (Å²) in [7, 11) is 2.09. The van der Waals surface area contributed by atoms with Gasteiger partial charge in [-0.3, -0.25) is 0 Å². The molecule has 1 aromatic rings. The van der Waals surface area contributed by atoms with Gasteiger partial charge in [0.15, 0.2) is 0 Å². The van der Waals surface area contributed by atoms with Crippen LogP contribution in [0.25, 0.3) is 0 Å². The minimum absolute atomic E-state index is 0.422. The molecule has 1 aliphatic heterocycles. The summed E-state index contributed by atoms with van der Waals surface area (Å²) in [6.45, 7) is 5.68. The Morgan fingerprint density at radius 3 is 2.89 bits per heavy atom. The first kappa shape index (κ1) is 13.0. The Labute approximate surface area is 116 Å². The van der Waals surface area contributed by atoms with Crippen LogP contribution in [-0.4, -0.2) is 13.7 Å². The molecule has 2 heteroatoms. The largest absolute Gasteiger partial charge is 0.493 e. The lowest BCUT2D eigenvalue weighted by atomic mass is 9.75. The Kier molecular flexibility index (Phi) is 3.30. The molecule has 104 valence electrons. The average molecular weight is 259 g/mol. The Morgan fingerprint density at radius 2 is 2.21 bits per heavy atom. The van der Waals surface area contributed by atoms with E-state index < -0.39 is 0 Å². The first-order chi connectivity index (χ1) is 9.13. The van der Waals surface area contributed by atoms with Gasteiger partial charge in [0.2, 0.25) is 0 Å². The van der Waals surface area contributed by atoms with Crippen molar-refractivity contribution in [2.24, 2.45) is 11.3 Å². The Bertz CT molecular complexity index is 466. The van der Waals surface area contributed by atoms with Crippen LogP contribution in [0, 0.1) is 11.3 Å². The fraction of sp³-hybridized carbons (Fsp3) is 0.647. The molecule has 1 aromatic carbocycles. The van der Waals surface area contributed by atoms with Crippen LogP contribution >= 0.6 is 0 Å². The zero-order chi connectivity index (χ0) is 13.5. The molecule has 0 amide bonds. The van der Waals surface area contributed by atoms with E-state index >= 15 is 0 Å². The molecule has 1 saturated carbocycles. The third-order valence-corrected chi connectivity index (χ3v) is 5.13. The van der Waals surface area contributed by atoms with Gasteiger partial charge in [-0.15, -0.1) is 0 Å². The van der Waals surface area contributed by atoms with Gasteiger partial charge >= 0.3 is 0 Å². The Morgan fingerprint density at radius 1 is 1.37 bits per heavy atom. The molecule has 0 spiro atoms. The summed E-state index contributed by atoms with van der Waals surface area (Å²) in [6.07, 6.45) is 5.08. The molecular weight excluding hydrogens is 234 g/mol. The summed E-state index contributed by atoms with van der Waals surface area (Å²) < 4.78 is 5.90. The van der Waals surface area contributed by atoms with Crippen molar-refractivity contribution >= 4 is 0 Å². The van der Waals surface area contributed by atoms with Crippen LogP contribution in [0.1, 0.15) is 50.3 Å². The van der Waals surface area contributed by atoms with Crippen LogP contribution in [0.2, 0.25) is 0 Å². The van der Waals surface area contributed by atoms with E-state index in [-0.39, 0.29) is 0 Å². The van der Waals surface area contributed by atoms with E-state index in [1.165, 1.54) is 30.4 Å². The fourth-order valence-electron chi connectivity index (χ4n) is 4.03. The minimum Gasteiger partial charge on any atom is -0.493 e. The van der Waals surface area contributed by atoms with Crippen molar-refractivity contribution in [3.05, 3.63) is 29.3 Å². The second kappa shape index (κ2) is 4.82. The highest BCUT2D eigenvalue weighted by Crippen LogP contribution is 2.50. The van der Waals surface area contributed by atoms with Gasteiger partial charge in [-0.1, -0.05) is 38.5 Å². The van der Waals surface area contributed by atoms with Crippen molar-refractivity contribution < 1.29 is 4.74 Å². The van der Waals surface area contributed by atoms with Gasteiger partial charge in [-0.2, -0.15) is 0 Å². The van der Waals surface area contributed by atoms with Gasteiger partial charge in [-0.25, -0.2) is 0 Å². The zero-order valence-corrected chi connectivity index (χ0v) is 12.3. The second-order valence-corrected chi connectivity index (χ2v) is 6.69. The number of para-hydroxylation sites is 1. The van der Waals surface area contributed by atoms with E-state index in [1.807, 2.05) is 0 Å². The SMILES string of the molecule is CNC(c1cccc2c1OCC2)C1CCCC1(C)C. The number of rotatable bonds is 3. The Balaban J connectivity index is 1.97. The van der Waals surface area contributed by atoms with Gasteiger partial charge < -0.3 is 10.1 Å². The van der Waals surface area contributed by atoms with Crippen LogP contribution in [0.4, 0.5) is 0 Å². The fourth-order valence-corrected chi connectivity index (χ4v) is 4.03. The smallest absolute Gasteiger partial charge is 0.127 e. The van der Waals surface area contributed by atoms with E-state index in [4.69, 9.17) is 4.74 Å². The monoisotopic (exact) mass is 259 g/mol. The van der Waals surface area contributed by atoms with Crippen molar-refractivity contribution in [1.29, 1.82) is 0 Å². The van der Waals surface area contributed by atoms with Crippen molar-refractivity contribution in [3.8, 4) is 5.75 Å². The lowest BCUT2D eigenvalue weighted by Gasteiger charge is -2.35. The molecule has 2 aliphatic rings. The quantitative estimate of drug-likeness (QED) is 0.893. The molecule has 2 unspecified atom stereocenters. The summed E-state index contributed by atoms with van der Waals surface area (Å²) in [5.74, 6) is 1.86. The molecule has 19 heavy (non-hydrogen) atoms. The maximum atomic E-state index is 5.90. The summed E-state index contributed by atoms with van der Waals surface area (Å²) in [4.78, 5) is 0. The van der Waals surface area contributed by atoms with Gasteiger partial charge in [0.1, 0.15) is 5.75 Å². The molecule has 2 nitrogen and oxygen atoms in total. The molecule has 0 radical (unpaired) electrons. The molecule has 3 rings (SSSR count). The highest BCUT2D eigenvalue weighted by molar-refractivity contribution is 5.46. The number of fused-ring (bicyclic) bond motifs is 1. The van der Waals surface area contributed by atoms with Gasteiger partial charge in [0.05, 0.1) is 6.61 Å². The molecule has 0 aromatic heterocycles. The molecule has 1 heterocycles. The van der Waals surface area contributed by atoms with Crippen LogP contribution in [0.15, 0.2) is 18.2 Å². The van der Waals surface area contributed by atoms with Crippen LogP contribution < -0.4 is 10.1 Å². The number of nitrogens with one attached hydrogen (secondary N) is 1.